The van der Waals surface area contributed by atoms with Crippen LogP contribution in [0.5, 0.6) is 0 Å². The molecule has 2 aromatic rings. The molecule has 0 fully saturated rings. The fourth-order valence-electron chi connectivity index (χ4n) is 1.23. The van der Waals surface area contributed by atoms with E-state index in [1.165, 1.54) is 17.6 Å². The first-order chi connectivity index (χ1) is 8.09. The average Bonchev–Trinajstić information content (AvgIpc) is 2.77. The lowest BCUT2D eigenvalue weighted by Gasteiger charge is -2.01. The van der Waals surface area contributed by atoms with Gasteiger partial charge in [0, 0.05) is 17.1 Å². The summed E-state index contributed by atoms with van der Waals surface area (Å²) in [6.45, 7) is 0. The van der Waals surface area contributed by atoms with Crippen LogP contribution in [0.1, 0.15) is 11.7 Å². The normalized spacial score (nSPS) is 12.4. The van der Waals surface area contributed by atoms with E-state index in [-0.39, 0.29) is 11.3 Å². The quantitative estimate of drug-likeness (QED) is 0.863. The molecule has 0 amide bonds. The largest absolute Gasteiger partial charge is 0.480 e. The smallest absolute Gasteiger partial charge is 0.326 e. The molecule has 3 N–H and O–H groups in total. The van der Waals surface area contributed by atoms with Crippen LogP contribution in [0, 0.1) is 5.82 Å². The zero-order chi connectivity index (χ0) is 12.4. The van der Waals surface area contributed by atoms with E-state index in [1.807, 2.05) is 0 Å². The molecule has 88 valence electrons. The number of rotatable bonds is 3. The van der Waals surface area contributed by atoms with E-state index >= 15 is 0 Å². The number of nitrogens with zero attached hydrogens (tertiary/aromatic N) is 2. The Kier molecular flexibility index (Phi) is 3.12. The highest BCUT2D eigenvalue weighted by Crippen LogP contribution is 2.27. The van der Waals surface area contributed by atoms with Gasteiger partial charge in [-0.25, -0.2) is 9.37 Å². The first-order valence-electron chi connectivity index (χ1n) is 4.63. The number of aliphatic carboxylic acids is 1. The van der Waals surface area contributed by atoms with Gasteiger partial charge in [-0.05, 0) is 6.07 Å². The molecule has 5 nitrogen and oxygen atoms in total. The van der Waals surface area contributed by atoms with Crippen molar-refractivity contribution in [1.82, 2.24) is 9.97 Å². The van der Waals surface area contributed by atoms with Crippen molar-refractivity contribution in [2.24, 2.45) is 5.73 Å². The highest BCUT2D eigenvalue weighted by molar-refractivity contribution is 7.13. The predicted octanol–water partition coefficient (Wildman–Crippen LogP) is 1.43. The maximum atomic E-state index is 13.4. The van der Waals surface area contributed by atoms with Gasteiger partial charge in [0.2, 0.25) is 0 Å². The number of thiazole rings is 1. The molecule has 0 aromatic carbocycles. The monoisotopic (exact) mass is 253 g/mol. The fraction of sp³-hybridized carbons (Fsp3) is 0.100. The van der Waals surface area contributed by atoms with Crippen LogP contribution in [0.3, 0.4) is 0 Å². The molecule has 7 heteroatoms. The van der Waals surface area contributed by atoms with Gasteiger partial charge in [0.15, 0.2) is 5.82 Å². The van der Waals surface area contributed by atoms with Crippen LogP contribution >= 0.6 is 11.3 Å². The van der Waals surface area contributed by atoms with Crippen molar-refractivity contribution in [3.05, 3.63) is 35.4 Å². The summed E-state index contributed by atoms with van der Waals surface area (Å²) >= 11 is 1.14. The molecule has 0 radical (unpaired) electrons. The Balaban J connectivity index is 2.37. The number of hydrogen-bond acceptors (Lipinski definition) is 5. The summed E-state index contributed by atoms with van der Waals surface area (Å²) < 4.78 is 13.4. The summed E-state index contributed by atoms with van der Waals surface area (Å²) in [5.74, 6) is -1.67. The minimum atomic E-state index is -1.19. The van der Waals surface area contributed by atoms with Gasteiger partial charge in [-0.2, -0.15) is 0 Å². The highest BCUT2D eigenvalue weighted by Gasteiger charge is 2.19. The van der Waals surface area contributed by atoms with Crippen molar-refractivity contribution < 1.29 is 14.3 Å². The van der Waals surface area contributed by atoms with Gasteiger partial charge in [0.1, 0.15) is 11.0 Å². The Bertz CT molecular complexity index is 558. The van der Waals surface area contributed by atoms with Crippen molar-refractivity contribution in [2.45, 2.75) is 6.04 Å². The van der Waals surface area contributed by atoms with Crippen LogP contribution in [-0.4, -0.2) is 21.0 Å². The van der Waals surface area contributed by atoms with E-state index in [1.54, 1.807) is 0 Å². The van der Waals surface area contributed by atoms with E-state index in [0.717, 1.165) is 17.5 Å². The average molecular weight is 253 g/mol. The molecule has 2 heterocycles. The Hall–Kier alpha value is -1.86. The Labute approximate surface area is 99.8 Å². The first kappa shape index (κ1) is 11.6. The molecule has 1 atom stereocenters. The summed E-state index contributed by atoms with van der Waals surface area (Å²) in [4.78, 5) is 18.3. The van der Waals surface area contributed by atoms with Crippen LogP contribution in [0.25, 0.3) is 10.6 Å². The molecule has 2 aromatic heterocycles. The molecule has 0 bridgehead atoms. The third-order valence-corrected chi connectivity index (χ3v) is 3.00. The van der Waals surface area contributed by atoms with E-state index in [9.17, 15) is 9.18 Å². The standard InChI is InChI=1S/C10H8FN3O2S/c11-6-3-13-2-1-5(6)9-14-7(4-17-9)8(12)10(15)16/h1-4,8H,12H2,(H,15,16). The van der Waals surface area contributed by atoms with Crippen LogP contribution in [0.2, 0.25) is 0 Å². The van der Waals surface area contributed by atoms with Gasteiger partial charge in [-0.3, -0.25) is 9.78 Å². The van der Waals surface area contributed by atoms with Crippen LogP contribution in [-0.2, 0) is 4.79 Å². The summed E-state index contributed by atoms with van der Waals surface area (Å²) in [5.41, 5.74) is 5.91. The molecule has 0 aliphatic rings. The van der Waals surface area contributed by atoms with Gasteiger partial charge >= 0.3 is 5.97 Å². The number of carboxylic acids is 1. The van der Waals surface area contributed by atoms with E-state index in [0.29, 0.717) is 5.01 Å². The number of halogens is 1. The number of aromatic nitrogens is 2. The molecule has 2 rings (SSSR count). The second-order valence-electron chi connectivity index (χ2n) is 3.25. The first-order valence-corrected chi connectivity index (χ1v) is 5.51. The zero-order valence-corrected chi connectivity index (χ0v) is 9.32. The topological polar surface area (TPSA) is 89.1 Å². The molecule has 1 unspecified atom stereocenters. The molecule has 0 aliphatic carbocycles. The van der Waals surface area contributed by atoms with Gasteiger partial charge in [0.25, 0.3) is 0 Å². The van der Waals surface area contributed by atoms with Gasteiger partial charge < -0.3 is 10.8 Å². The molecule has 17 heavy (non-hydrogen) atoms. The van der Waals surface area contributed by atoms with Crippen molar-refractivity contribution in [1.29, 1.82) is 0 Å². The number of nitrogens with two attached hydrogens (primary N) is 1. The summed E-state index contributed by atoms with van der Waals surface area (Å²) in [7, 11) is 0. The van der Waals surface area contributed by atoms with Crippen LogP contribution in [0.4, 0.5) is 4.39 Å². The van der Waals surface area contributed by atoms with E-state index < -0.39 is 17.8 Å². The van der Waals surface area contributed by atoms with E-state index in [2.05, 4.69) is 9.97 Å². The third kappa shape index (κ3) is 2.29. The van der Waals surface area contributed by atoms with Crippen molar-refractivity contribution in [2.75, 3.05) is 0 Å². The number of pyridine rings is 1. The molecule has 0 aliphatic heterocycles. The predicted molar refractivity (Wildman–Crippen MR) is 59.9 cm³/mol. The second-order valence-corrected chi connectivity index (χ2v) is 4.11. The van der Waals surface area contributed by atoms with Crippen LogP contribution in [0.15, 0.2) is 23.8 Å². The van der Waals surface area contributed by atoms with E-state index in [4.69, 9.17) is 10.8 Å². The van der Waals surface area contributed by atoms with Crippen molar-refractivity contribution in [3.8, 4) is 10.6 Å². The van der Waals surface area contributed by atoms with Gasteiger partial charge in [-0.15, -0.1) is 11.3 Å². The van der Waals surface area contributed by atoms with Crippen LogP contribution < -0.4 is 5.73 Å². The van der Waals surface area contributed by atoms with Gasteiger partial charge in [-0.1, -0.05) is 0 Å². The fourth-order valence-corrected chi connectivity index (χ4v) is 2.11. The SMILES string of the molecule is NC(C(=O)O)c1csc(-c2ccncc2F)n1. The number of carboxylic acid groups (broad SMARTS) is 1. The molecule has 0 saturated carbocycles. The second kappa shape index (κ2) is 4.56. The minimum absolute atomic E-state index is 0.216. The lowest BCUT2D eigenvalue weighted by molar-refractivity contribution is -0.138. The molecule has 0 spiro atoms. The lowest BCUT2D eigenvalue weighted by Crippen LogP contribution is -2.20. The summed E-state index contributed by atoms with van der Waals surface area (Å²) in [5, 5.41) is 10.6. The van der Waals surface area contributed by atoms with Crippen molar-refractivity contribution >= 4 is 17.3 Å². The maximum absolute atomic E-state index is 13.4. The highest BCUT2D eigenvalue weighted by atomic mass is 32.1. The third-order valence-electron chi connectivity index (χ3n) is 2.11. The minimum Gasteiger partial charge on any atom is -0.480 e. The number of carbonyl (C=O) groups is 1. The Morgan fingerprint density at radius 1 is 1.59 bits per heavy atom. The molecular formula is C10H8FN3O2S. The Morgan fingerprint density at radius 3 is 3.00 bits per heavy atom. The number of hydrogen-bond donors (Lipinski definition) is 2. The lowest BCUT2D eigenvalue weighted by atomic mass is 10.2. The maximum Gasteiger partial charge on any atom is 0.326 e. The Morgan fingerprint density at radius 2 is 2.35 bits per heavy atom. The summed E-state index contributed by atoms with van der Waals surface area (Å²) in [6, 6.07) is 0.287. The van der Waals surface area contributed by atoms with Crippen molar-refractivity contribution in [3.63, 3.8) is 0 Å². The zero-order valence-electron chi connectivity index (χ0n) is 8.50. The molecular weight excluding hydrogens is 245 g/mol. The van der Waals surface area contributed by atoms with Gasteiger partial charge in [0.05, 0.1) is 11.9 Å². The molecule has 0 saturated heterocycles. The summed E-state index contributed by atoms with van der Waals surface area (Å²) in [6.07, 6.45) is 2.52.